The lowest BCUT2D eigenvalue weighted by Gasteiger charge is -2.16. The number of benzene rings is 3. The monoisotopic (exact) mass is 831 g/mol. The Balaban J connectivity index is 1.04. The highest BCUT2D eigenvalue weighted by molar-refractivity contribution is 6.10. The van der Waals surface area contributed by atoms with Crippen LogP contribution in [0.5, 0.6) is 0 Å². The maximum atomic E-state index is 13.3. The van der Waals surface area contributed by atoms with E-state index in [1.807, 2.05) is 13.8 Å². The molecule has 61 heavy (non-hydrogen) atoms. The summed E-state index contributed by atoms with van der Waals surface area (Å²) in [7, 11) is 0. The maximum absolute atomic E-state index is 13.3. The number of fused-ring (bicyclic) bond motifs is 3. The highest BCUT2D eigenvalue weighted by Crippen LogP contribution is 2.25. The number of hydrogen-bond donors (Lipinski definition) is 9. The molecule has 0 spiro atoms. The predicted molar refractivity (Wildman–Crippen MR) is 235 cm³/mol. The van der Waals surface area contributed by atoms with E-state index in [1.54, 1.807) is 72.8 Å². The average molecular weight is 832 g/mol. The van der Waals surface area contributed by atoms with Crippen LogP contribution < -0.4 is 33.8 Å². The van der Waals surface area contributed by atoms with Crippen LogP contribution in [-0.2, 0) is 9.59 Å². The van der Waals surface area contributed by atoms with E-state index in [1.165, 1.54) is 0 Å². The Morgan fingerprint density at radius 3 is 1.51 bits per heavy atom. The number of hydrazine groups is 2. The van der Waals surface area contributed by atoms with Crippen molar-refractivity contribution in [2.24, 2.45) is 23.2 Å². The van der Waals surface area contributed by atoms with Crippen LogP contribution in [0.2, 0.25) is 0 Å². The summed E-state index contributed by atoms with van der Waals surface area (Å²) < 4.78 is 0. The summed E-state index contributed by atoms with van der Waals surface area (Å²) in [5.41, 5.74) is 15.8. The van der Waals surface area contributed by atoms with E-state index in [-0.39, 0.29) is 60.5 Å². The molecule has 3 heterocycles. The van der Waals surface area contributed by atoms with Crippen LogP contribution in [-0.4, -0.2) is 85.3 Å². The Bertz CT molecular complexity index is 2450. The molecule has 320 valence electrons. The molecule has 17 heteroatoms. The molecule has 13 N–H and O–H groups in total. The maximum Gasteiger partial charge on any atom is 0.284 e. The van der Waals surface area contributed by atoms with Gasteiger partial charge in [-0.15, -0.1) is 0 Å². The molecule has 0 bridgehead atoms. The number of nitrogens with zero attached hydrogens (tertiary/aromatic N) is 2. The third-order valence-electron chi connectivity index (χ3n) is 10.6. The predicted octanol–water partition coefficient (Wildman–Crippen LogP) is 5.22. The molecular weight excluding hydrogens is 779 g/mol. The third-order valence-corrected chi connectivity index (χ3v) is 10.6. The van der Waals surface area contributed by atoms with Crippen molar-refractivity contribution in [2.45, 2.75) is 77.3 Å². The molecule has 17 nitrogen and oxygen atoms in total. The van der Waals surface area contributed by atoms with Gasteiger partial charge in [-0.2, -0.15) is 0 Å². The summed E-state index contributed by atoms with van der Waals surface area (Å²) in [5.74, 6) is 9.93. The minimum Gasteiger partial charge on any atom is -0.351 e. The number of aromatic amines is 3. The first-order valence-corrected chi connectivity index (χ1v) is 20.4. The molecule has 2 atom stereocenters. The van der Waals surface area contributed by atoms with Crippen molar-refractivity contribution >= 4 is 79.3 Å². The molecule has 0 fully saturated rings. The van der Waals surface area contributed by atoms with Crippen molar-refractivity contribution < 1.29 is 28.8 Å². The van der Waals surface area contributed by atoms with Crippen LogP contribution in [0.1, 0.15) is 107 Å². The summed E-state index contributed by atoms with van der Waals surface area (Å²) in [4.78, 5) is 86.6. The van der Waals surface area contributed by atoms with Crippen LogP contribution in [0.25, 0.3) is 32.7 Å². The van der Waals surface area contributed by atoms with E-state index in [9.17, 15) is 28.8 Å². The number of hydrogen-bond acceptors (Lipinski definition) is 10. The quantitative estimate of drug-likeness (QED) is 0.0275. The molecule has 0 saturated carbocycles. The van der Waals surface area contributed by atoms with Gasteiger partial charge < -0.3 is 37.1 Å². The second-order valence-electron chi connectivity index (χ2n) is 15.3. The van der Waals surface area contributed by atoms with Crippen molar-refractivity contribution in [1.82, 2.24) is 25.0 Å². The number of unbranched alkanes of at least 4 members (excludes halogenated alkanes) is 2. The zero-order valence-corrected chi connectivity index (χ0v) is 34.3. The number of nitrogens with one attached hydrogen (secondary N) is 5. The Kier molecular flexibility index (Phi) is 14.1. The van der Waals surface area contributed by atoms with E-state index >= 15 is 0 Å². The summed E-state index contributed by atoms with van der Waals surface area (Å²) in [6, 6.07) is 19.1. The number of carbonyl (C=O) groups excluding carboxylic acids is 6. The Hall–Kier alpha value is -6.66. The molecule has 6 rings (SSSR count). The Labute approximate surface area is 351 Å². The number of rotatable bonds is 20. The number of anilines is 2. The van der Waals surface area contributed by atoms with Crippen molar-refractivity contribution in [3.8, 4) is 0 Å². The fourth-order valence-corrected chi connectivity index (χ4v) is 6.95. The fourth-order valence-electron chi connectivity index (χ4n) is 6.95. The summed E-state index contributed by atoms with van der Waals surface area (Å²) >= 11 is 0. The number of aromatic nitrogens is 3. The van der Waals surface area contributed by atoms with Crippen LogP contribution in [0.4, 0.5) is 11.4 Å². The lowest BCUT2D eigenvalue weighted by molar-refractivity contribution is -0.121. The van der Waals surface area contributed by atoms with Gasteiger partial charge >= 0.3 is 0 Å². The first-order valence-electron chi connectivity index (χ1n) is 20.4. The van der Waals surface area contributed by atoms with Gasteiger partial charge in [0.2, 0.25) is 0 Å². The number of amides is 4. The standard InChI is InChI=1S/C44H53N11O6/c1-3-5-7-31(45)39(56)15-17-54(47)43(60)37-20-25-9-12-29(23-34(25)52-37)49-41(58)27-11-14-33-28(19-27)22-36(51-33)42(59)50-30-13-10-26-21-38(53-35(26)24-30)44(61)55(48)18-16-40(57)32(46)8-6-4-2/h9-14,19-24,31-32,51-53H,3-8,15-18,45-48H2,1-2H3,(H,49,58)(H,50,59)/t31-,32-/m0/s1. The molecule has 4 amide bonds. The molecule has 3 aromatic heterocycles. The largest absolute Gasteiger partial charge is 0.351 e. The summed E-state index contributed by atoms with van der Waals surface area (Å²) in [6.45, 7) is 4.10. The van der Waals surface area contributed by atoms with Gasteiger partial charge in [0.15, 0.2) is 11.6 Å². The normalized spacial score (nSPS) is 12.4. The number of H-pyrrole nitrogens is 3. The molecule has 0 radical (unpaired) electrons. The topological polar surface area (TPSA) is 284 Å². The molecule has 0 aliphatic heterocycles. The smallest absolute Gasteiger partial charge is 0.284 e. The van der Waals surface area contributed by atoms with Crippen LogP contribution in [0, 0.1) is 0 Å². The first kappa shape index (κ1) is 43.9. The van der Waals surface area contributed by atoms with Gasteiger partial charge in [-0.05, 0) is 73.5 Å². The van der Waals surface area contributed by atoms with Crippen LogP contribution in [0.15, 0.2) is 72.8 Å². The zero-order valence-electron chi connectivity index (χ0n) is 34.3. The highest BCUT2D eigenvalue weighted by atomic mass is 16.2. The lowest BCUT2D eigenvalue weighted by Crippen LogP contribution is -2.41. The molecular formula is C44H53N11O6. The van der Waals surface area contributed by atoms with Crippen molar-refractivity contribution in [2.75, 3.05) is 23.7 Å². The second kappa shape index (κ2) is 19.6. The Morgan fingerprint density at radius 1 is 0.557 bits per heavy atom. The molecule has 0 unspecified atom stereocenters. The van der Waals surface area contributed by atoms with E-state index < -0.39 is 29.8 Å². The van der Waals surface area contributed by atoms with Crippen LogP contribution in [0.3, 0.4) is 0 Å². The second-order valence-corrected chi connectivity index (χ2v) is 15.3. The minimum atomic E-state index is -0.573. The third kappa shape index (κ3) is 10.8. The molecule has 6 aromatic rings. The molecule has 0 saturated heterocycles. The van der Waals surface area contributed by atoms with Crippen molar-refractivity contribution in [3.05, 3.63) is 95.4 Å². The molecule has 0 aliphatic rings. The van der Waals surface area contributed by atoms with Gasteiger partial charge in [-0.25, -0.2) is 11.7 Å². The zero-order chi connectivity index (χ0) is 43.8. The number of ketones is 2. The van der Waals surface area contributed by atoms with Gasteiger partial charge in [-0.3, -0.25) is 38.8 Å². The van der Waals surface area contributed by atoms with Gasteiger partial charge in [0.1, 0.15) is 17.1 Å². The van der Waals surface area contributed by atoms with E-state index in [0.29, 0.717) is 51.7 Å². The average Bonchev–Trinajstić information content (AvgIpc) is 4.01. The first-order chi connectivity index (χ1) is 29.2. The fraction of sp³-hybridized carbons (Fsp3) is 0.318. The molecule has 0 aliphatic carbocycles. The van der Waals surface area contributed by atoms with Gasteiger partial charge in [0.05, 0.1) is 12.1 Å². The Morgan fingerprint density at radius 2 is 1.02 bits per heavy atom. The molecule has 3 aromatic carbocycles. The van der Waals surface area contributed by atoms with Gasteiger partial charge in [0, 0.05) is 75.6 Å². The van der Waals surface area contributed by atoms with E-state index in [0.717, 1.165) is 46.5 Å². The SMILES string of the molecule is CCCC[C@H](N)C(=O)CCN(N)C(=O)c1cc2ccc(NC(=O)c3ccc4[nH]c(C(=O)Nc5ccc6cc(C(=O)N(N)CCC(=O)[C@@H](N)CCCC)[nH]c6c5)cc4c3)cc2[nH]1. The number of nitrogens with two attached hydrogens (primary N) is 4. The van der Waals surface area contributed by atoms with Crippen molar-refractivity contribution in [3.63, 3.8) is 0 Å². The number of Topliss-reactive ketones (excluding diaryl/α,β-unsaturated/α-hetero) is 2. The number of carbonyl (C=O) groups is 6. The highest BCUT2D eigenvalue weighted by Gasteiger charge is 2.21. The van der Waals surface area contributed by atoms with E-state index in [2.05, 4.69) is 25.6 Å². The van der Waals surface area contributed by atoms with Gasteiger partial charge in [0.25, 0.3) is 23.6 Å². The lowest BCUT2D eigenvalue weighted by atomic mass is 10.0. The summed E-state index contributed by atoms with van der Waals surface area (Å²) in [5, 5.41) is 9.80. The minimum absolute atomic E-state index is 0.0261. The van der Waals surface area contributed by atoms with Gasteiger partial charge in [-0.1, -0.05) is 51.7 Å². The van der Waals surface area contributed by atoms with Crippen LogP contribution >= 0.6 is 0 Å². The van der Waals surface area contributed by atoms with E-state index in [4.69, 9.17) is 23.2 Å². The summed E-state index contributed by atoms with van der Waals surface area (Å²) in [6.07, 6.45) is 4.88. The van der Waals surface area contributed by atoms with Crippen molar-refractivity contribution in [1.29, 1.82) is 0 Å².